The number of rotatable bonds is 3. The van der Waals surface area contributed by atoms with E-state index in [1.807, 2.05) is 0 Å². The molecule has 18 heavy (non-hydrogen) atoms. The van der Waals surface area contributed by atoms with Crippen LogP contribution in [0.4, 0.5) is 5.69 Å². The first-order valence-corrected chi connectivity index (χ1v) is 5.15. The summed E-state index contributed by atoms with van der Waals surface area (Å²) in [5.74, 6) is 0.424. The number of hydrogen-bond donors (Lipinski definition) is 1. The van der Waals surface area contributed by atoms with Gasteiger partial charge in [-0.25, -0.2) is 4.98 Å². The third-order valence-corrected chi connectivity index (χ3v) is 2.33. The molecule has 1 aromatic carbocycles. The Morgan fingerprint density at radius 2 is 2.11 bits per heavy atom. The van der Waals surface area contributed by atoms with Crippen LogP contribution in [0, 0.1) is 17.0 Å². The lowest BCUT2D eigenvalue weighted by molar-refractivity contribution is -0.385. The molecular formula is C12H10N2O4. The number of ether oxygens (including phenoxy) is 1. The molecule has 0 saturated heterocycles. The average molecular weight is 246 g/mol. The second-order valence-corrected chi connectivity index (χ2v) is 3.64. The molecule has 92 valence electrons. The van der Waals surface area contributed by atoms with E-state index in [1.165, 1.54) is 12.1 Å². The van der Waals surface area contributed by atoms with Gasteiger partial charge in [0.1, 0.15) is 6.20 Å². The Bertz CT molecular complexity index is 598. The molecule has 2 aromatic rings. The zero-order valence-electron chi connectivity index (χ0n) is 9.53. The van der Waals surface area contributed by atoms with E-state index in [2.05, 4.69) is 4.98 Å². The number of benzene rings is 1. The van der Waals surface area contributed by atoms with Crippen LogP contribution in [0.5, 0.6) is 17.4 Å². The highest BCUT2D eigenvalue weighted by Crippen LogP contribution is 2.30. The maximum atomic E-state index is 10.6. The first-order chi connectivity index (χ1) is 8.58. The lowest BCUT2D eigenvalue weighted by atomic mass is 10.2. The van der Waals surface area contributed by atoms with Gasteiger partial charge >= 0.3 is 0 Å². The van der Waals surface area contributed by atoms with Crippen LogP contribution in [-0.4, -0.2) is 15.0 Å². The van der Waals surface area contributed by atoms with Crippen LogP contribution in [-0.2, 0) is 0 Å². The molecule has 2 rings (SSSR count). The zero-order valence-corrected chi connectivity index (χ0v) is 9.53. The van der Waals surface area contributed by atoms with Gasteiger partial charge in [-0.15, -0.1) is 0 Å². The molecule has 1 heterocycles. The number of aromatic nitrogens is 1. The van der Waals surface area contributed by atoms with Crippen LogP contribution in [0.1, 0.15) is 5.56 Å². The van der Waals surface area contributed by atoms with Crippen LogP contribution in [0.15, 0.2) is 36.5 Å². The van der Waals surface area contributed by atoms with E-state index in [9.17, 15) is 15.2 Å². The van der Waals surface area contributed by atoms with E-state index in [0.717, 1.165) is 6.20 Å². The first-order valence-electron chi connectivity index (χ1n) is 5.15. The number of aryl methyl sites for hydroxylation is 1. The molecule has 0 aliphatic heterocycles. The van der Waals surface area contributed by atoms with Crippen molar-refractivity contribution >= 4 is 5.69 Å². The van der Waals surface area contributed by atoms with Crippen LogP contribution < -0.4 is 4.74 Å². The summed E-state index contributed by atoms with van der Waals surface area (Å²) in [4.78, 5) is 13.9. The van der Waals surface area contributed by atoms with Crippen LogP contribution in [0.2, 0.25) is 0 Å². The minimum absolute atomic E-state index is 0.0182. The lowest BCUT2D eigenvalue weighted by Crippen LogP contribution is -1.95. The van der Waals surface area contributed by atoms with Gasteiger partial charge in [0.15, 0.2) is 11.5 Å². The van der Waals surface area contributed by atoms with E-state index >= 15 is 0 Å². The Balaban J connectivity index is 2.29. The van der Waals surface area contributed by atoms with Gasteiger partial charge in [-0.05, 0) is 19.1 Å². The molecule has 6 heteroatoms. The molecule has 0 aliphatic rings. The molecule has 0 aliphatic carbocycles. The van der Waals surface area contributed by atoms with Crippen LogP contribution in [0.3, 0.4) is 0 Å². The summed E-state index contributed by atoms with van der Waals surface area (Å²) in [5, 5.41) is 20.2. The van der Waals surface area contributed by atoms with Crippen molar-refractivity contribution in [3.63, 3.8) is 0 Å². The number of aromatic hydroxyl groups is 1. The summed E-state index contributed by atoms with van der Waals surface area (Å²) in [6.07, 6.45) is 1.13. The second kappa shape index (κ2) is 4.70. The zero-order chi connectivity index (χ0) is 13.1. The number of phenols is 1. The van der Waals surface area contributed by atoms with Gasteiger partial charge in [-0.1, -0.05) is 12.1 Å². The number of phenolic OH excluding ortho intramolecular Hbond substituents is 1. The highest BCUT2D eigenvalue weighted by molar-refractivity contribution is 5.43. The summed E-state index contributed by atoms with van der Waals surface area (Å²) < 4.78 is 5.34. The number of hydrogen-bond acceptors (Lipinski definition) is 5. The molecule has 0 fully saturated rings. The van der Waals surface area contributed by atoms with E-state index in [-0.39, 0.29) is 23.1 Å². The normalized spacial score (nSPS) is 10.1. The number of nitro groups is 1. The maximum absolute atomic E-state index is 10.6. The Kier molecular flexibility index (Phi) is 3.09. The van der Waals surface area contributed by atoms with Crippen molar-refractivity contribution in [2.45, 2.75) is 6.92 Å². The molecule has 0 radical (unpaired) electrons. The smallest absolute Gasteiger partial charge is 0.290 e. The number of para-hydroxylation sites is 2. The third kappa shape index (κ3) is 2.37. The van der Waals surface area contributed by atoms with Gasteiger partial charge in [0.2, 0.25) is 5.88 Å². The quantitative estimate of drug-likeness (QED) is 0.664. The summed E-state index contributed by atoms with van der Waals surface area (Å²) in [6.45, 7) is 1.59. The molecule has 0 bridgehead atoms. The minimum Gasteiger partial charge on any atom is -0.504 e. The number of nitrogens with zero attached hydrogens (tertiary/aromatic N) is 2. The third-order valence-electron chi connectivity index (χ3n) is 2.33. The molecule has 1 N–H and O–H groups in total. The van der Waals surface area contributed by atoms with E-state index < -0.39 is 4.92 Å². The Labute approximate surface area is 103 Å². The van der Waals surface area contributed by atoms with E-state index in [4.69, 9.17) is 4.74 Å². The summed E-state index contributed by atoms with van der Waals surface area (Å²) in [7, 11) is 0. The summed E-state index contributed by atoms with van der Waals surface area (Å²) in [6, 6.07) is 7.87. The van der Waals surface area contributed by atoms with Crippen LogP contribution >= 0.6 is 0 Å². The molecule has 0 atom stereocenters. The average Bonchev–Trinajstić information content (AvgIpc) is 2.32. The van der Waals surface area contributed by atoms with Crippen molar-refractivity contribution < 1.29 is 14.8 Å². The van der Waals surface area contributed by atoms with E-state index in [1.54, 1.807) is 25.1 Å². The monoisotopic (exact) mass is 246 g/mol. The van der Waals surface area contributed by atoms with Gasteiger partial charge in [0.25, 0.3) is 5.69 Å². The molecule has 6 nitrogen and oxygen atoms in total. The van der Waals surface area contributed by atoms with Gasteiger partial charge in [0, 0.05) is 11.6 Å². The van der Waals surface area contributed by atoms with Crippen molar-refractivity contribution in [2.75, 3.05) is 0 Å². The lowest BCUT2D eigenvalue weighted by Gasteiger charge is -2.06. The molecule has 0 saturated carbocycles. The van der Waals surface area contributed by atoms with Crippen LogP contribution in [0.25, 0.3) is 0 Å². The highest BCUT2D eigenvalue weighted by Gasteiger charge is 2.13. The molecule has 1 aromatic heterocycles. The first kappa shape index (κ1) is 11.8. The number of pyridine rings is 1. The van der Waals surface area contributed by atoms with Crippen molar-refractivity contribution in [3.8, 4) is 17.4 Å². The highest BCUT2D eigenvalue weighted by atomic mass is 16.6. The fourth-order valence-electron chi connectivity index (χ4n) is 1.43. The standard InChI is InChI=1S/C12H10N2O4/c1-8-6-12(13-7-9(8)14(16)17)18-11-5-3-2-4-10(11)15/h2-7,15H,1H3. The Morgan fingerprint density at radius 1 is 1.39 bits per heavy atom. The van der Waals surface area contributed by atoms with Crippen molar-refractivity contribution in [1.29, 1.82) is 0 Å². The van der Waals surface area contributed by atoms with Gasteiger partial charge < -0.3 is 9.84 Å². The predicted molar refractivity (Wildman–Crippen MR) is 63.8 cm³/mol. The van der Waals surface area contributed by atoms with Crippen molar-refractivity contribution in [3.05, 3.63) is 52.2 Å². The fraction of sp³-hybridized carbons (Fsp3) is 0.0833. The second-order valence-electron chi connectivity index (χ2n) is 3.64. The SMILES string of the molecule is Cc1cc(Oc2ccccc2O)ncc1[N+](=O)[O-]. The van der Waals surface area contributed by atoms with Gasteiger partial charge in [-0.2, -0.15) is 0 Å². The summed E-state index contributed by atoms with van der Waals surface area (Å²) >= 11 is 0. The van der Waals surface area contributed by atoms with E-state index in [0.29, 0.717) is 5.56 Å². The topological polar surface area (TPSA) is 85.5 Å². The van der Waals surface area contributed by atoms with Crippen molar-refractivity contribution in [1.82, 2.24) is 4.98 Å². The minimum atomic E-state index is -0.508. The molecule has 0 amide bonds. The molecule has 0 unspecified atom stereocenters. The fourth-order valence-corrected chi connectivity index (χ4v) is 1.43. The van der Waals surface area contributed by atoms with Gasteiger partial charge in [0.05, 0.1) is 4.92 Å². The maximum Gasteiger partial charge on any atom is 0.290 e. The van der Waals surface area contributed by atoms with Crippen molar-refractivity contribution in [2.24, 2.45) is 0 Å². The molecular weight excluding hydrogens is 236 g/mol. The summed E-state index contributed by atoms with van der Waals surface area (Å²) in [5.41, 5.74) is 0.375. The largest absolute Gasteiger partial charge is 0.504 e. The Morgan fingerprint density at radius 3 is 2.72 bits per heavy atom. The molecule has 0 spiro atoms. The Hall–Kier alpha value is -2.63. The predicted octanol–water partition coefficient (Wildman–Crippen LogP) is 2.80. The van der Waals surface area contributed by atoms with Gasteiger partial charge in [-0.3, -0.25) is 10.1 Å².